The molecule has 18 heavy (non-hydrogen) atoms. The van der Waals surface area contributed by atoms with Crippen molar-refractivity contribution >= 4 is 18.1 Å². The highest BCUT2D eigenvalue weighted by Gasteiger charge is 2.27. The fourth-order valence-electron chi connectivity index (χ4n) is 2.14. The van der Waals surface area contributed by atoms with E-state index in [1.165, 1.54) is 0 Å². The third-order valence-electron chi connectivity index (χ3n) is 3.22. The molecule has 0 spiro atoms. The smallest absolute Gasteiger partial charge is 0.223 e. The van der Waals surface area contributed by atoms with Crippen LogP contribution in [-0.4, -0.2) is 30.7 Å². The van der Waals surface area contributed by atoms with Crippen molar-refractivity contribution in [2.24, 2.45) is 5.92 Å². The van der Waals surface area contributed by atoms with Crippen LogP contribution >= 0.6 is 0 Å². The van der Waals surface area contributed by atoms with Crippen molar-refractivity contribution in [1.29, 1.82) is 0 Å². The van der Waals surface area contributed by atoms with E-state index in [0.29, 0.717) is 19.4 Å². The molecular weight excluding hydrogens is 232 g/mol. The molecule has 0 radical (unpaired) electrons. The molecule has 0 aromatic heterocycles. The minimum absolute atomic E-state index is 0.0120. The molecule has 0 bridgehead atoms. The highest BCUT2D eigenvalue weighted by Crippen LogP contribution is 2.15. The van der Waals surface area contributed by atoms with E-state index in [2.05, 4.69) is 17.6 Å². The average Bonchev–Trinajstić information content (AvgIpc) is 2.74. The van der Waals surface area contributed by atoms with Gasteiger partial charge in [-0.1, -0.05) is 19.8 Å². The van der Waals surface area contributed by atoms with Gasteiger partial charge < -0.3 is 15.4 Å². The molecule has 1 aliphatic heterocycles. The average molecular weight is 254 g/mol. The second-order valence-electron chi connectivity index (χ2n) is 4.78. The summed E-state index contributed by atoms with van der Waals surface area (Å²) in [4.78, 5) is 33.9. The molecule has 2 amide bonds. The van der Waals surface area contributed by atoms with E-state index in [1.54, 1.807) is 0 Å². The minimum atomic E-state index is -0.534. The van der Waals surface area contributed by atoms with Crippen molar-refractivity contribution in [3.05, 3.63) is 0 Å². The lowest BCUT2D eigenvalue weighted by Gasteiger charge is -2.15. The Labute approximate surface area is 108 Å². The highest BCUT2D eigenvalue weighted by atomic mass is 16.2. The Hall–Kier alpha value is -1.39. The van der Waals surface area contributed by atoms with Gasteiger partial charge in [0.05, 0.1) is 6.04 Å². The number of carbonyl (C=O) groups is 3. The van der Waals surface area contributed by atoms with Crippen LogP contribution in [0.15, 0.2) is 0 Å². The van der Waals surface area contributed by atoms with Gasteiger partial charge in [0, 0.05) is 18.9 Å². The van der Waals surface area contributed by atoms with Crippen molar-refractivity contribution in [1.82, 2.24) is 10.6 Å². The number of hydrogen-bond donors (Lipinski definition) is 2. The number of hydrogen-bond acceptors (Lipinski definition) is 3. The first-order valence-corrected chi connectivity index (χ1v) is 6.69. The monoisotopic (exact) mass is 254 g/mol. The molecule has 0 unspecified atom stereocenters. The number of nitrogens with one attached hydrogen (secondary N) is 2. The van der Waals surface area contributed by atoms with E-state index >= 15 is 0 Å². The molecule has 0 aromatic carbocycles. The highest BCUT2D eigenvalue weighted by molar-refractivity contribution is 5.82. The van der Waals surface area contributed by atoms with Gasteiger partial charge >= 0.3 is 0 Å². The zero-order valence-electron chi connectivity index (χ0n) is 10.9. The fourth-order valence-corrected chi connectivity index (χ4v) is 2.14. The second-order valence-corrected chi connectivity index (χ2v) is 4.78. The summed E-state index contributed by atoms with van der Waals surface area (Å²) in [5.41, 5.74) is 0. The van der Waals surface area contributed by atoms with Crippen molar-refractivity contribution in [3.63, 3.8) is 0 Å². The van der Waals surface area contributed by atoms with Crippen LogP contribution in [0.2, 0.25) is 0 Å². The van der Waals surface area contributed by atoms with E-state index in [-0.39, 0.29) is 17.7 Å². The molecule has 2 N–H and O–H groups in total. The van der Waals surface area contributed by atoms with Crippen LogP contribution in [0.5, 0.6) is 0 Å². The van der Waals surface area contributed by atoms with Crippen molar-refractivity contribution in [2.75, 3.05) is 6.54 Å². The van der Waals surface area contributed by atoms with Crippen LogP contribution < -0.4 is 10.6 Å². The first-order chi connectivity index (χ1) is 8.67. The van der Waals surface area contributed by atoms with Crippen molar-refractivity contribution in [2.45, 2.75) is 51.5 Å². The van der Waals surface area contributed by atoms with Gasteiger partial charge in [0.2, 0.25) is 11.8 Å². The second kappa shape index (κ2) is 7.84. The lowest BCUT2D eigenvalue weighted by Crippen LogP contribution is -2.38. The number of amides is 2. The number of rotatable bonds is 8. The van der Waals surface area contributed by atoms with Gasteiger partial charge in [-0.15, -0.1) is 0 Å². The summed E-state index contributed by atoms with van der Waals surface area (Å²) in [5.74, 6) is -0.253. The quantitative estimate of drug-likeness (QED) is 0.496. The number of carbonyl (C=O) groups excluding carboxylic acids is 3. The molecular formula is C13H22N2O3. The zero-order chi connectivity index (χ0) is 13.4. The van der Waals surface area contributed by atoms with E-state index in [9.17, 15) is 14.4 Å². The summed E-state index contributed by atoms with van der Waals surface area (Å²) in [6, 6.07) is -0.534. The third-order valence-corrected chi connectivity index (χ3v) is 3.22. The Kier molecular flexibility index (Phi) is 6.39. The SMILES string of the molecule is CCCCCC(=O)N[C@H](C=O)C[C@@H]1CCNC1=O. The maximum Gasteiger partial charge on any atom is 0.223 e. The maximum absolute atomic E-state index is 11.6. The third kappa shape index (κ3) is 4.85. The lowest BCUT2D eigenvalue weighted by molar-refractivity contribution is -0.126. The van der Waals surface area contributed by atoms with Crippen molar-refractivity contribution in [3.8, 4) is 0 Å². The van der Waals surface area contributed by atoms with Gasteiger partial charge in [-0.25, -0.2) is 0 Å². The molecule has 5 heteroatoms. The van der Waals surface area contributed by atoms with Crippen LogP contribution in [0.4, 0.5) is 0 Å². The maximum atomic E-state index is 11.6. The summed E-state index contributed by atoms with van der Waals surface area (Å²) in [5, 5.41) is 5.41. The Balaban J connectivity index is 2.30. The topological polar surface area (TPSA) is 75.3 Å². The Morgan fingerprint density at radius 2 is 2.33 bits per heavy atom. The van der Waals surface area contributed by atoms with Crippen LogP contribution in [0.25, 0.3) is 0 Å². The van der Waals surface area contributed by atoms with Crippen LogP contribution in [0.3, 0.4) is 0 Å². The standard InChI is InChI=1S/C13H22N2O3/c1-2-3-4-5-12(17)15-11(9-16)8-10-6-7-14-13(10)18/h9-11H,2-8H2,1H3,(H,14,18)(H,15,17)/t10-,11-/m0/s1. The zero-order valence-corrected chi connectivity index (χ0v) is 10.9. The molecule has 102 valence electrons. The Bertz CT molecular complexity index is 305. The molecule has 1 aliphatic rings. The van der Waals surface area contributed by atoms with Gasteiger partial charge in [-0.3, -0.25) is 9.59 Å². The minimum Gasteiger partial charge on any atom is -0.356 e. The molecule has 0 aromatic rings. The molecule has 2 atom stereocenters. The van der Waals surface area contributed by atoms with E-state index in [0.717, 1.165) is 32.0 Å². The molecule has 1 fully saturated rings. The first-order valence-electron chi connectivity index (χ1n) is 6.69. The summed E-state index contributed by atoms with van der Waals surface area (Å²) >= 11 is 0. The van der Waals surface area contributed by atoms with Crippen molar-refractivity contribution < 1.29 is 14.4 Å². The van der Waals surface area contributed by atoms with E-state index < -0.39 is 6.04 Å². The summed E-state index contributed by atoms with van der Waals surface area (Å²) in [6.45, 7) is 2.74. The number of aldehydes is 1. The molecule has 0 aliphatic carbocycles. The van der Waals surface area contributed by atoms with Gasteiger partial charge in [0.15, 0.2) is 0 Å². The molecule has 1 rings (SSSR count). The van der Waals surface area contributed by atoms with Crippen LogP contribution in [0.1, 0.15) is 45.4 Å². The van der Waals surface area contributed by atoms with Gasteiger partial charge in [0.25, 0.3) is 0 Å². The molecule has 5 nitrogen and oxygen atoms in total. The predicted molar refractivity (Wildman–Crippen MR) is 67.9 cm³/mol. The van der Waals surface area contributed by atoms with Crippen LogP contribution in [0, 0.1) is 5.92 Å². The first kappa shape index (κ1) is 14.7. The largest absolute Gasteiger partial charge is 0.356 e. The molecule has 1 saturated heterocycles. The van der Waals surface area contributed by atoms with Crippen LogP contribution in [-0.2, 0) is 14.4 Å². The van der Waals surface area contributed by atoms with Gasteiger partial charge in [-0.05, 0) is 19.3 Å². The van der Waals surface area contributed by atoms with E-state index in [4.69, 9.17) is 0 Å². The number of unbranched alkanes of at least 4 members (excludes halogenated alkanes) is 2. The summed E-state index contributed by atoms with van der Waals surface area (Å²) in [6.07, 6.45) is 5.26. The lowest BCUT2D eigenvalue weighted by atomic mass is 9.99. The summed E-state index contributed by atoms with van der Waals surface area (Å²) in [7, 11) is 0. The Morgan fingerprint density at radius 3 is 2.89 bits per heavy atom. The fraction of sp³-hybridized carbons (Fsp3) is 0.769. The van der Waals surface area contributed by atoms with Gasteiger partial charge in [-0.2, -0.15) is 0 Å². The molecule has 1 heterocycles. The van der Waals surface area contributed by atoms with E-state index in [1.807, 2.05) is 0 Å². The normalized spacial score (nSPS) is 20.3. The predicted octanol–water partition coefficient (Wildman–Crippen LogP) is 0.777. The summed E-state index contributed by atoms with van der Waals surface area (Å²) < 4.78 is 0. The Morgan fingerprint density at radius 1 is 1.56 bits per heavy atom. The molecule has 0 saturated carbocycles. The van der Waals surface area contributed by atoms with Gasteiger partial charge in [0.1, 0.15) is 6.29 Å².